The summed E-state index contributed by atoms with van der Waals surface area (Å²) < 4.78 is 4.50. The lowest BCUT2D eigenvalue weighted by Gasteiger charge is -1.79. The predicted molar refractivity (Wildman–Crippen MR) is 35.8 cm³/mol. The van der Waals surface area contributed by atoms with Crippen LogP contribution in [0.15, 0.2) is 22.8 Å². The second-order valence-corrected chi connectivity index (χ2v) is 1.28. The molecule has 1 aromatic heterocycles. The normalized spacial score (nSPS) is 7.80. The average molecular weight is 143 g/mol. The first-order chi connectivity index (χ1) is 4.80. The van der Waals surface area contributed by atoms with Crippen molar-refractivity contribution in [2.75, 3.05) is 7.05 Å². The minimum Gasteiger partial charge on any atom is -0.475 e. The molecule has 1 heterocycles. The van der Waals surface area contributed by atoms with E-state index in [0.717, 1.165) is 0 Å². The van der Waals surface area contributed by atoms with E-state index in [9.17, 15) is 4.79 Å². The maximum atomic E-state index is 9.97. The summed E-state index contributed by atoms with van der Waals surface area (Å²) in [5.41, 5.74) is 4.50. The summed E-state index contributed by atoms with van der Waals surface area (Å²) in [6.45, 7) is 0. The molecule has 0 saturated heterocycles. The van der Waals surface area contributed by atoms with E-state index in [4.69, 9.17) is 5.11 Å². The fraction of sp³-hybridized carbons (Fsp3) is 0.167. The molecule has 0 fully saturated rings. The highest BCUT2D eigenvalue weighted by molar-refractivity contribution is 5.84. The number of hydrogen-bond donors (Lipinski definition) is 2. The Morgan fingerprint density at radius 1 is 1.70 bits per heavy atom. The van der Waals surface area contributed by atoms with Gasteiger partial charge in [-0.05, 0) is 19.2 Å². The molecule has 10 heavy (non-hydrogen) atoms. The molecule has 1 rings (SSSR count). The maximum absolute atomic E-state index is 9.97. The van der Waals surface area contributed by atoms with E-state index in [2.05, 4.69) is 10.2 Å². The Morgan fingerprint density at radius 3 is 2.50 bits per heavy atom. The van der Waals surface area contributed by atoms with Gasteiger partial charge in [0.15, 0.2) is 0 Å². The molecule has 0 bridgehead atoms. The van der Waals surface area contributed by atoms with Crippen molar-refractivity contribution in [3.05, 3.63) is 24.2 Å². The summed E-state index contributed by atoms with van der Waals surface area (Å²) in [4.78, 5) is 9.97. The van der Waals surface area contributed by atoms with Crippen molar-refractivity contribution in [1.82, 2.24) is 0 Å². The molecular weight excluding hydrogens is 134 g/mol. The Labute approximate surface area is 58.3 Å². The van der Waals surface area contributed by atoms with Crippen LogP contribution in [0.1, 0.15) is 10.6 Å². The average Bonchev–Trinajstić information content (AvgIpc) is 2.42. The van der Waals surface area contributed by atoms with Crippen LogP contribution in [0.25, 0.3) is 0 Å². The summed E-state index contributed by atoms with van der Waals surface area (Å²) in [6.07, 6.45) is 1.32. The van der Waals surface area contributed by atoms with E-state index in [-0.39, 0.29) is 5.76 Å². The lowest BCUT2D eigenvalue weighted by atomic mass is 10.5. The van der Waals surface area contributed by atoms with Gasteiger partial charge < -0.3 is 15.3 Å². The van der Waals surface area contributed by atoms with Crippen molar-refractivity contribution < 1.29 is 14.3 Å². The molecule has 0 saturated carbocycles. The molecule has 3 N–H and O–H groups in total. The smallest absolute Gasteiger partial charge is 0.371 e. The second kappa shape index (κ2) is 4.58. The molecule has 0 aromatic carbocycles. The van der Waals surface area contributed by atoms with Crippen molar-refractivity contribution in [1.29, 1.82) is 0 Å². The summed E-state index contributed by atoms with van der Waals surface area (Å²) in [5, 5.41) is 8.18. The Morgan fingerprint density at radius 2 is 2.30 bits per heavy atom. The zero-order valence-corrected chi connectivity index (χ0v) is 5.57. The largest absolute Gasteiger partial charge is 0.475 e. The van der Waals surface area contributed by atoms with Gasteiger partial charge in [0.1, 0.15) is 0 Å². The molecule has 56 valence electrons. The molecule has 0 atom stereocenters. The van der Waals surface area contributed by atoms with E-state index in [0.29, 0.717) is 0 Å². The van der Waals surface area contributed by atoms with Crippen molar-refractivity contribution in [2.24, 2.45) is 5.73 Å². The van der Waals surface area contributed by atoms with Crippen LogP contribution in [0.4, 0.5) is 0 Å². The standard InChI is InChI=1S/C5H4O3.CH5N/c6-5(7)4-2-1-3-8-4;1-2/h1-3H,(H,6,7);2H2,1H3. The molecule has 0 aliphatic carbocycles. The Balaban J connectivity index is 0.000000371. The molecule has 1 aromatic rings. The number of rotatable bonds is 1. The number of carboxylic acid groups (broad SMARTS) is 1. The van der Waals surface area contributed by atoms with Crippen LogP contribution in [0.5, 0.6) is 0 Å². The summed E-state index contributed by atoms with van der Waals surface area (Å²) in [5.74, 6) is -1.06. The van der Waals surface area contributed by atoms with Gasteiger partial charge in [0.2, 0.25) is 5.76 Å². The fourth-order valence-electron chi connectivity index (χ4n) is 0.400. The molecule has 4 nitrogen and oxygen atoms in total. The minimum atomic E-state index is -1.03. The number of carbonyl (C=O) groups is 1. The van der Waals surface area contributed by atoms with Gasteiger partial charge >= 0.3 is 5.97 Å². The number of hydrogen-bond acceptors (Lipinski definition) is 3. The minimum absolute atomic E-state index is 0.0231. The van der Waals surface area contributed by atoms with Gasteiger partial charge in [0.05, 0.1) is 6.26 Å². The van der Waals surface area contributed by atoms with Gasteiger partial charge in [0, 0.05) is 0 Å². The van der Waals surface area contributed by atoms with Gasteiger partial charge in [0.25, 0.3) is 0 Å². The monoisotopic (exact) mass is 143 g/mol. The second-order valence-electron chi connectivity index (χ2n) is 1.28. The first-order valence-corrected chi connectivity index (χ1v) is 2.65. The Bertz CT molecular complexity index is 181. The van der Waals surface area contributed by atoms with Crippen LogP contribution in [0.3, 0.4) is 0 Å². The van der Waals surface area contributed by atoms with Crippen LogP contribution in [0.2, 0.25) is 0 Å². The fourth-order valence-corrected chi connectivity index (χ4v) is 0.400. The first kappa shape index (κ1) is 8.71. The first-order valence-electron chi connectivity index (χ1n) is 2.65. The maximum Gasteiger partial charge on any atom is 0.371 e. The number of furan rings is 1. The molecule has 0 radical (unpaired) electrons. The summed E-state index contributed by atoms with van der Waals surface area (Å²) in [6, 6.07) is 2.92. The third kappa shape index (κ3) is 2.32. The van der Waals surface area contributed by atoms with Crippen molar-refractivity contribution in [3.63, 3.8) is 0 Å². The lowest BCUT2D eigenvalue weighted by molar-refractivity contribution is 0.0662. The Hall–Kier alpha value is -1.29. The van der Waals surface area contributed by atoms with Crippen molar-refractivity contribution in [3.8, 4) is 0 Å². The molecule has 0 amide bonds. The molecule has 4 heteroatoms. The van der Waals surface area contributed by atoms with E-state index in [1.165, 1.54) is 25.4 Å². The van der Waals surface area contributed by atoms with Crippen LogP contribution in [-0.2, 0) is 0 Å². The molecule has 0 spiro atoms. The quantitative estimate of drug-likeness (QED) is 0.602. The zero-order valence-electron chi connectivity index (χ0n) is 5.57. The molecule has 0 aliphatic rings. The number of carboxylic acids is 1. The number of nitrogens with two attached hydrogens (primary N) is 1. The van der Waals surface area contributed by atoms with Crippen LogP contribution in [-0.4, -0.2) is 18.1 Å². The van der Waals surface area contributed by atoms with Crippen molar-refractivity contribution in [2.45, 2.75) is 0 Å². The van der Waals surface area contributed by atoms with Gasteiger partial charge in [-0.1, -0.05) is 0 Å². The number of aromatic carboxylic acids is 1. The van der Waals surface area contributed by atoms with E-state index in [1.54, 1.807) is 0 Å². The Kier molecular flexibility index (Phi) is 3.99. The third-order valence-corrected chi connectivity index (χ3v) is 0.732. The summed E-state index contributed by atoms with van der Waals surface area (Å²) in [7, 11) is 1.50. The SMILES string of the molecule is CN.O=C(O)c1ccco1. The van der Waals surface area contributed by atoms with Crippen LogP contribution >= 0.6 is 0 Å². The van der Waals surface area contributed by atoms with Gasteiger partial charge in [-0.15, -0.1) is 0 Å². The summed E-state index contributed by atoms with van der Waals surface area (Å²) >= 11 is 0. The highest BCUT2D eigenvalue weighted by Crippen LogP contribution is 1.97. The lowest BCUT2D eigenvalue weighted by Crippen LogP contribution is -1.90. The van der Waals surface area contributed by atoms with Crippen LogP contribution in [0, 0.1) is 0 Å². The molecular formula is C6H9NO3. The molecule has 0 unspecified atom stereocenters. The van der Waals surface area contributed by atoms with E-state index < -0.39 is 5.97 Å². The predicted octanol–water partition coefficient (Wildman–Crippen LogP) is 0.553. The zero-order chi connectivity index (χ0) is 7.98. The van der Waals surface area contributed by atoms with Gasteiger partial charge in [-0.3, -0.25) is 0 Å². The van der Waals surface area contributed by atoms with E-state index in [1.807, 2.05) is 0 Å². The highest BCUT2D eigenvalue weighted by atomic mass is 16.4. The van der Waals surface area contributed by atoms with Gasteiger partial charge in [-0.25, -0.2) is 4.79 Å². The van der Waals surface area contributed by atoms with Crippen molar-refractivity contribution >= 4 is 5.97 Å². The van der Waals surface area contributed by atoms with Crippen LogP contribution < -0.4 is 5.73 Å². The van der Waals surface area contributed by atoms with E-state index >= 15 is 0 Å². The van der Waals surface area contributed by atoms with Gasteiger partial charge in [-0.2, -0.15) is 0 Å². The highest BCUT2D eigenvalue weighted by Gasteiger charge is 2.01. The topological polar surface area (TPSA) is 76.5 Å². The molecule has 0 aliphatic heterocycles. The third-order valence-electron chi connectivity index (χ3n) is 0.732.